The van der Waals surface area contributed by atoms with Crippen LogP contribution in [0.5, 0.6) is 0 Å². The van der Waals surface area contributed by atoms with Gasteiger partial charge in [0, 0.05) is 0 Å². The van der Waals surface area contributed by atoms with Gasteiger partial charge < -0.3 is 0 Å². The molecule has 0 aliphatic carbocycles. The molecular formula is C28H50B2O. The molecule has 0 bridgehead atoms. The fraction of sp³-hybridized carbons (Fsp3) is 0.786. The van der Waals surface area contributed by atoms with Gasteiger partial charge in [-0.15, -0.1) is 0 Å². The SMILES string of the molecule is CCCCCCC(C)(CCCCCC)C(=O)BCc1cccbc1CC(C)(CC)CC. The third-order valence-corrected chi connectivity index (χ3v) is 7.90. The summed E-state index contributed by atoms with van der Waals surface area (Å²) in [6.45, 7) is 16.1. The van der Waals surface area contributed by atoms with Gasteiger partial charge in [-0.25, -0.2) is 0 Å². The van der Waals surface area contributed by atoms with Crippen LogP contribution in [0.15, 0.2) is 18.1 Å². The molecular weight excluding hydrogens is 374 g/mol. The summed E-state index contributed by atoms with van der Waals surface area (Å²) in [5, 5.41) is 0. The molecule has 0 aliphatic rings. The number of unbranched alkanes of at least 4 members (excludes halogenated alkanes) is 6. The molecule has 31 heavy (non-hydrogen) atoms. The van der Waals surface area contributed by atoms with E-state index >= 15 is 0 Å². The molecule has 1 nitrogen and oxygen atoms in total. The number of carbonyl (C=O) groups excluding carboxylic acids is 1. The van der Waals surface area contributed by atoms with Crippen molar-refractivity contribution >= 4 is 19.9 Å². The third-order valence-electron chi connectivity index (χ3n) is 7.90. The van der Waals surface area contributed by atoms with Gasteiger partial charge in [-0.1, -0.05) is 0 Å². The average molecular weight is 424 g/mol. The van der Waals surface area contributed by atoms with Gasteiger partial charge in [0.25, 0.3) is 0 Å². The van der Waals surface area contributed by atoms with E-state index in [1.54, 1.807) is 0 Å². The monoisotopic (exact) mass is 424 g/mol. The molecule has 1 rings (SSSR count). The molecule has 0 fully saturated rings. The van der Waals surface area contributed by atoms with Crippen molar-refractivity contribution in [1.82, 2.24) is 0 Å². The van der Waals surface area contributed by atoms with Crippen LogP contribution < -0.4 is 0 Å². The van der Waals surface area contributed by atoms with E-state index in [0.717, 1.165) is 25.6 Å². The number of rotatable bonds is 18. The fourth-order valence-electron chi connectivity index (χ4n) is 4.77. The summed E-state index contributed by atoms with van der Waals surface area (Å²) in [5.74, 6) is 2.16. The van der Waals surface area contributed by atoms with E-state index in [1.165, 1.54) is 75.2 Å². The van der Waals surface area contributed by atoms with Gasteiger partial charge in [-0.3, -0.25) is 0 Å². The van der Waals surface area contributed by atoms with Crippen molar-refractivity contribution in [2.75, 3.05) is 0 Å². The van der Waals surface area contributed by atoms with Crippen LogP contribution >= 0.6 is 0 Å². The van der Waals surface area contributed by atoms with Crippen molar-refractivity contribution in [3.05, 3.63) is 29.1 Å². The van der Waals surface area contributed by atoms with Gasteiger partial charge in [0.2, 0.25) is 0 Å². The maximum atomic E-state index is 13.5. The Hall–Kier alpha value is -0.850. The Bertz CT molecular complexity index is 609. The molecule has 0 N–H and O–H groups in total. The Morgan fingerprint density at radius 3 is 2.00 bits per heavy atom. The van der Waals surface area contributed by atoms with Crippen LogP contribution in [0.4, 0.5) is 0 Å². The van der Waals surface area contributed by atoms with Crippen LogP contribution in [0.1, 0.15) is 130 Å². The third kappa shape index (κ3) is 10.1. The first-order valence-corrected chi connectivity index (χ1v) is 13.4. The van der Waals surface area contributed by atoms with Crippen molar-refractivity contribution in [2.45, 2.75) is 131 Å². The first kappa shape index (κ1) is 28.2. The summed E-state index contributed by atoms with van der Waals surface area (Å²) in [4.78, 5) is 13.5. The van der Waals surface area contributed by atoms with Gasteiger partial charge in [0.15, 0.2) is 0 Å². The summed E-state index contributed by atoms with van der Waals surface area (Å²) < 4.78 is 0. The molecule has 0 radical (unpaired) electrons. The van der Waals surface area contributed by atoms with Crippen LogP contribution in [-0.2, 0) is 17.5 Å². The molecule has 0 amide bonds. The van der Waals surface area contributed by atoms with Gasteiger partial charge in [-0.05, 0) is 0 Å². The Labute approximate surface area is 196 Å². The summed E-state index contributed by atoms with van der Waals surface area (Å²) >= 11 is 0. The molecule has 0 aromatic carbocycles. The zero-order valence-electron chi connectivity index (χ0n) is 21.8. The molecule has 1 heterocycles. The van der Waals surface area contributed by atoms with Gasteiger partial charge in [0.1, 0.15) is 0 Å². The maximum absolute atomic E-state index is 13.5. The zero-order chi connectivity index (χ0) is 23.2. The first-order chi connectivity index (χ1) is 14.8. The summed E-state index contributed by atoms with van der Waals surface area (Å²) in [6, 6.07) is 4.40. The average Bonchev–Trinajstić information content (AvgIpc) is 2.78. The quantitative estimate of drug-likeness (QED) is 0.174. The van der Waals surface area contributed by atoms with Crippen molar-refractivity contribution in [2.24, 2.45) is 10.8 Å². The predicted molar refractivity (Wildman–Crippen MR) is 142 cm³/mol. The van der Waals surface area contributed by atoms with Crippen LogP contribution in [0.25, 0.3) is 0 Å². The second kappa shape index (κ2) is 15.1. The topological polar surface area (TPSA) is 17.1 Å². The summed E-state index contributed by atoms with van der Waals surface area (Å²) in [7, 11) is 0.698. The van der Waals surface area contributed by atoms with Crippen molar-refractivity contribution in [1.29, 1.82) is 0 Å². The van der Waals surface area contributed by atoms with Crippen LogP contribution in [-0.4, -0.2) is 19.9 Å². The summed E-state index contributed by atoms with van der Waals surface area (Å²) in [6.07, 6.45) is 16.6. The Morgan fingerprint density at radius 1 is 0.903 bits per heavy atom. The number of hydrogen-bond acceptors (Lipinski definition) is 1. The zero-order valence-corrected chi connectivity index (χ0v) is 21.8. The molecule has 0 aliphatic heterocycles. The van der Waals surface area contributed by atoms with E-state index in [9.17, 15) is 4.79 Å². The number of hydrogen-bond donors (Lipinski definition) is 0. The van der Waals surface area contributed by atoms with E-state index in [2.05, 4.69) is 66.5 Å². The molecule has 0 saturated carbocycles. The van der Waals surface area contributed by atoms with E-state index in [0.29, 0.717) is 18.4 Å². The minimum absolute atomic E-state index is 0.127. The molecule has 3 heteroatoms. The standard InChI is InChI=1S/C28H50B2O/c1-7-11-13-15-19-28(6,20-16-14-12-8-2)26(31)30-23-24-18-17-21-29-25(24)22-27(5,9-3)10-4/h17-18,21,30H,7-16,19-20,22-23H2,1-6H3. The molecule has 0 atom stereocenters. The molecule has 0 saturated heterocycles. The fourth-order valence-corrected chi connectivity index (χ4v) is 4.77. The predicted octanol–water partition coefficient (Wildman–Crippen LogP) is 7.80. The van der Waals surface area contributed by atoms with Crippen molar-refractivity contribution in [3.63, 3.8) is 0 Å². The minimum atomic E-state index is -0.127. The van der Waals surface area contributed by atoms with E-state index in [4.69, 9.17) is 0 Å². The Morgan fingerprint density at radius 2 is 1.48 bits per heavy atom. The molecule has 1 aromatic heterocycles. The van der Waals surface area contributed by atoms with E-state index in [1.807, 2.05) is 0 Å². The van der Waals surface area contributed by atoms with Crippen LogP contribution in [0.3, 0.4) is 0 Å². The Balaban J connectivity index is 2.81. The molecule has 174 valence electrons. The molecule has 0 spiro atoms. The normalized spacial score (nSPS) is 12.1. The Kier molecular flexibility index (Phi) is 13.7. The molecule has 0 unspecified atom stereocenters. The van der Waals surface area contributed by atoms with Crippen LogP contribution in [0, 0.1) is 10.8 Å². The van der Waals surface area contributed by atoms with E-state index < -0.39 is 0 Å². The van der Waals surface area contributed by atoms with Gasteiger partial charge in [-0.2, -0.15) is 0 Å². The van der Waals surface area contributed by atoms with Gasteiger partial charge >= 0.3 is 196 Å². The van der Waals surface area contributed by atoms with Gasteiger partial charge in [0.05, 0.1) is 0 Å². The van der Waals surface area contributed by atoms with Crippen molar-refractivity contribution in [3.8, 4) is 0 Å². The van der Waals surface area contributed by atoms with Crippen LogP contribution in [0.2, 0.25) is 0 Å². The van der Waals surface area contributed by atoms with E-state index in [-0.39, 0.29) is 5.41 Å². The molecule has 1 aromatic rings. The van der Waals surface area contributed by atoms with Crippen molar-refractivity contribution < 1.29 is 4.79 Å². The number of carbonyl (C=O) groups is 1. The second-order valence-corrected chi connectivity index (χ2v) is 10.6. The first-order valence-electron chi connectivity index (χ1n) is 13.4. The summed E-state index contributed by atoms with van der Waals surface area (Å²) in [5.41, 5.74) is 3.58. The second-order valence-electron chi connectivity index (χ2n) is 10.6.